The first kappa shape index (κ1) is 11.0. The average molecular weight is 184 g/mol. The van der Waals surface area contributed by atoms with Crippen LogP contribution in [0.2, 0.25) is 0 Å². The molecule has 0 bridgehead atoms. The highest BCUT2D eigenvalue weighted by molar-refractivity contribution is 4.88. The lowest BCUT2D eigenvalue weighted by molar-refractivity contribution is -0.00951. The zero-order chi connectivity index (χ0) is 10.1. The Morgan fingerprint density at radius 1 is 1.38 bits per heavy atom. The molecule has 1 fully saturated rings. The van der Waals surface area contributed by atoms with Crippen molar-refractivity contribution in [3.05, 3.63) is 0 Å². The molecule has 1 nitrogen and oxygen atoms in total. The van der Waals surface area contributed by atoms with Crippen molar-refractivity contribution in [2.24, 2.45) is 11.3 Å². The molecule has 0 aliphatic heterocycles. The minimum Gasteiger partial charge on any atom is -0.390 e. The molecule has 1 aliphatic rings. The molecule has 78 valence electrons. The Hall–Kier alpha value is -0.0400. The van der Waals surface area contributed by atoms with Gasteiger partial charge >= 0.3 is 0 Å². The van der Waals surface area contributed by atoms with E-state index < -0.39 is 5.60 Å². The lowest BCUT2D eigenvalue weighted by Gasteiger charge is -2.43. The Labute approximate surface area is 82.5 Å². The van der Waals surface area contributed by atoms with Crippen LogP contribution in [0.25, 0.3) is 0 Å². The van der Waals surface area contributed by atoms with Gasteiger partial charge in [-0.25, -0.2) is 0 Å². The molecule has 1 N–H and O–H groups in total. The topological polar surface area (TPSA) is 20.2 Å². The fourth-order valence-corrected chi connectivity index (χ4v) is 2.83. The molecule has 0 saturated heterocycles. The first-order chi connectivity index (χ1) is 5.83. The third kappa shape index (κ3) is 2.98. The second kappa shape index (κ2) is 3.61. The van der Waals surface area contributed by atoms with Gasteiger partial charge in [-0.3, -0.25) is 0 Å². The van der Waals surface area contributed by atoms with Gasteiger partial charge in [-0.05, 0) is 38.0 Å². The van der Waals surface area contributed by atoms with E-state index in [1.54, 1.807) is 0 Å². The molecule has 0 aromatic rings. The highest BCUT2D eigenvalue weighted by atomic mass is 16.3. The van der Waals surface area contributed by atoms with E-state index >= 15 is 0 Å². The van der Waals surface area contributed by atoms with Gasteiger partial charge in [-0.1, -0.05) is 33.1 Å². The normalized spacial score (nSPS) is 36.2. The van der Waals surface area contributed by atoms with Gasteiger partial charge in [0.15, 0.2) is 0 Å². The van der Waals surface area contributed by atoms with Gasteiger partial charge in [0.2, 0.25) is 0 Å². The van der Waals surface area contributed by atoms with Crippen LogP contribution in [0.15, 0.2) is 0 Å². The molecule has 0 spiro atoms. The number of aliphatic hydroxyl groups is 1. The second-order valence-corrected chi connectivity index (χ2v) is 5.79. The van der Waals surface area contributed by atoms with Crippen molar-refractivity contribution in [2.45, 2.75) is 65.4 Å². The van der Waals surface area contributed by atoms with Gasteiger partial charge in [0.25, 0.3) is 0 Å². The fourth-order valence-electron chi connectivity index (χ4n) is 2.83. The average Bonchev–Trinajstić information content (AvgIpc) is 1.92. The van der Waals surface area contributed by atoms with Gasteiger partial charge in [-0.2, -0.15) is 0 Å². The van der Waals surface area contributed by atoms with Crippen LogP contribution in [0.4, 0.5) is 0 Å². The summed E-state index contributed by atoms with van der Waals surface area (Å²) in [6.45, 7) is 8.54. The van der Waals surface area contributed by atoms with Crippen LogP contribution in [-0.2, 0) is 0 Å². The Kier molecular flexibility index (Phi) is 3.06. The van der Waals surface area contributed by atoms with E-state index in [0.717, 1.165) is 12.3 Å². The van der Waals surface area contributed by atoms with Crippen molar-refractivity contribution in [2.75, 3.05) is 0 Å². The minimum atomic E-state index is -0.500. The molecule has 1 rings (SSSR count). The highest BCUT2D eigenvalue weighted by Crippen LogP contribution is 2.45. The molecule has 1 unspecified atom stereocenters. The third-order valence-corrected chi connectivity index (χ3v) is 3.66. The maximum atomic E-state index is 9.85. The molecule has 13 heavy (non-hydrogen) atoms. The summed E-state index contributed by atoms with van der Waals surface area (Å²) in [7, 11) is 0. The predicted molar refractivity (Wildman–Crippen MR) is 56.7 cm³/mol. The zero-order valence-corrected chi connectivity index (χ0v) is 9.56. The summed E-state index contributed by atoms with van der Waals surface area (Å²) < 4.78 is 0. The summed E-state index contributed by atoms with van der Waals surface area (Å²) in [6, 6.07) is 0. The molecule has 1 aliphatic carbocycles. The van der Waals surface area contributed by atoms with Crippen molar-refractivity contribution in [1.82, 2.24) is 0 Å². The van der Waals surface area contributed by atoms with Crippen LogP contribution in [0.3, 0.4) is 0 Å². The van der Waals surface area contributed by atoms with E-state index in [2.05, 4.69) is 13.8 Å². The largest absolute Gasteiger partial charge is 0.390 e. The molecule has 1 heteroatoms. The molecule has 0 heterocycles. The highest BCUT2D eigenvalue weighted by Gasteiger charge is 2.37. The quantitative estimate of drug-likeness (QED) is 0.697. The molecule has 0 radical (unpaired) electrons. The number of rotatable bonds is 2. The van der Waals surface area contributed by atoms with E-state index in [1.165, 1.54) is 25.7 Å². The van der Waals surface area contributed by atoms with Crippen molar-refractivity contribution >= 4 is 0 Å². The summed E-state index contributed by atoms with van der Waals surface area (Å²) in [5.41, 5.74) is -0.128. The van der Waals surface area contributed by atoms with Crippen molar-refractivity contribution in [1.29, 1.82) is 0 Å². The minimum absolute atomic E-state index is 0.372. The van der Waals surface area contributed by atoms with E-state index in [1.807, 2.05) is 13.8 Å². The van der Waals surface area contributed by atoms with Crippen LogP contribution < -0.4 is 0 Å². The third-order valence-electron chi connectivity index (χ3n) is 3.66. The predicted octanol–water partition coefficient (Wildman–Crippen LogP) is 3.36. The van der Waals surface area contributed by atoms with Crippen LogP contribution in [-0.4, -0.2) is 10.7 Å². The Bertz CT molecular complexity index is 168. The number of hydrogen-bond acceptors (Lipinski definition) is 1. The molecular formula is C12H24O. The van der Waals surface area contributed by atoms with E-state index in [4.69, 9.17) is 0 Å². The Morgan fingerprint density at radius 2 is 2.00 bits per heavy atom. The maximum Gasteiger partial charge on any atom is 0.0597 e. The Morgan fingerprint density at radius 3 is 2.46 bits per heavy atom. The Balaban J connectivity index is 2.62. The van der Waals surface area contributed by atoms with Gasteiger partial charge in [-0.15, -0.1) is 0 Å². The summed E-state index contributed by atoms with van der Waals surface area (Å²) in [5, 5.41) is 9.85. The first-order valence-corrected chi connectivity index (χ1v) is 5.56. The number of hydrogen-bond donors (Lipinski definition) is 1. The summed E-state index contributed by atoms with van der Waals surface area (Å²) in [6.07, 6.45) is 6.30. The van der Waals surface area contributed by atoms with Crippen molar-refractivity contribution in [3.63, 3.8) is 0 Å². The summed E-state index contributed by atoms with van der Waals surface area (Å²) >= 11 is 0. The van der Waals surface area contributed by atoms with E-state index in [0.29, 0.717) is 5.41 Å². The van der Waals surface area contributed by atoms with Crippen LogP contribution in [0.5, 0.6) is 0 Å². The lowest BCUT2D eigenvalue weighted by atomic mass is 9.64. The monoisotopic (exact) mass is 184 g/mol. The van der Waals surface area contributed by atoms with Gasteiger partial charge in [0, 0.05) is 0 Å². The van der Waals surface area contributed by atoms with Gasteiger partial charge in [0.05, 0.1) is 5.60 Å². The SMILES string of the molecule is CC1CCCC[C@@]1(C)CC(C)(C)O. The first-order valence-electron chi connectivity index (χ1n) is 5.56. The zero-order valence-electron chi connectivity index (χ0n) is 9.56. The van der Waals surface area contributed by atoms with Crippen LogP contribution in [0, 0.1) is 11.3 Å². The summed E-state index contributed by atoms with van der Waals surface area (Å²) in [5.74, 6) is 0.771. The van der Waals surface area contributed by atoms with Crippen molar-refractivity contribution < 1.29 is 5.11 Å². The molecule has 0 aromatic carbocycles. The maximum absolute atomic E-state index is 9.85. The molecule has 0 amide bonds. The molecule has 0 aromatic heterocycles. The van der Waals surface area contributed by atoms with Gasteiger partial charge < -0.3 is 5.11 Å². The van der Waals surface area contributed by atoms with Gasteiger partial charge in [0.1, 0.15) is 0 Å². The van der Waals surface area contributed by atoms with Crippen LogP contribution in [0.1, 0.15) is 59.8 Å². The van der Waals surface area contributed by atoms with E-state index in [-0.39, 0.29) is 0 Å². The summed E-state index contributed by atoms with van der Waals surface area (Å²) in [4.78, 5) is 0. The molecular weight excluding hydrogens is 160 g/mol. The fraction of sp³-hybridized carbons (Fsp3) is 1.00. The standard InChI is InChI=1S/C12H24O/c1-10-7-5-6-8-12(10,4)9-11(2,3)13/h10,13H,5-9H2,1-4H3/t10?,12-/m0/s1. The molecule has 2 atom stereocenters. The lowest BCUT2D eigenvalue weighted by Crippen LogP contribution is -2.36. The smallest absolute Gasteiger partial charge is 0.0597 e. The molecule has 1 saturated carbocycles. The van der Waals surface area contributed by atoms with E-state index in [9.17, 15) is 5.11 Å². The van der Waals surface area contributed by atoms with Crippen LogP contribution >= 0.6 is 0 Å². The van der Waals surface area contributed by atoms with Crippen molar-refractivity contribution in [3.8, 4) is 0 Å². The second-order valence-electron chi connectivity index (χ2n) is 5.79.